The van der Waals surface area contributed by atoms with Gasteiger partial charge in [-0.25, -0.2) is 0 Å². The van der Waals surface area contributed by atoms with Crippen LogP contribution in [0.3, 0.4) is 0 Å². The Balaban J connectivity index is 2.55. The minimum atomic E-state index is 0.990. The fourth-order valence-corrected chi connectivity index (χ4v) is 2.34. The van der Waals surface area contributed by atoms with E-state index in [9.17, 15) is 0 Å². The van der Waals surface area contributed by atoms with Crippen LogP contribution in [0.15, 0.2) is 34.7 Å². The van der Waals surface area contributed by atoms with Gasteiger partial charge in [-0.15, -0.1) is 0 Å². The van der Waals surface area contributed by atoms with E-state index in [4.69, 9.17) is 4.42 Å². The second-order valence-corrected chi connectivity index (χ2v) is 4.56. The molecule has 1 aromatic heterocycles. The summed E-state index contributed by atoms with van der Waals surface area (Å²) < 4.78 is 5.92. The number of hydrogen-bond acceptors (Lipinski definition) is 1. The van der Waals surface area contributed by atoms with E-state index in [-0.39, 0.29) is 0 Å². The third kappa shape index (κ3) is 1.25. The summed E-state index contributed by atoms with van der Waals surface area (Å²) in [6.07, 6.45) is 0. The Kier molecular flexibility index (Phi) is 1.84. The SMILES string of the molecule is Cc1ccc2c(c1)oc1c(C)cc(C)cc12. The monoisotopic (exact) mass is 210 g/mol. The summed E-state index contributed by atoms with van der Waals surface area (Å²) in [7, 11) is 0. The summed E-state index contributed by atoms with van der Waals surface area (Å²) in [5, 5.41) is 2.44. The van der Waals surface area contributed by atoms with Gasteiger partial charge in [-0.05, 0) is 49.6 Å². The fourth-order valence-electron chi connectivity index (χ4n) is 2.34. The van der Waals surface area contributed by atoms with E-state index < -0.39 is 0 Å². The van der Waals surface area contributed by atoms with Crippen LogP contribution in [0.1, 0.15) is 16.7 Å². The van der Waals surface area contributed by atoms with E-state index in [0.29, 0.717) is 0 Å². The molecule has 2 aromatic carbocycles. The van der Waals surface area contributed by atoms with Gasteiger partial charge in [0.05, 0.1) is 0 Å². The molecular formula is C15H14O. The lowest BCUT2D eigenvalue weighted by Crippen LogP contribution is -1.77. The van der Waals surface area contributed by atoms with Gasteiger partial charge < -0.3 is 4.42 Å². The van der Waals surface area contributed by atoms with Gasteiger partial charge in [0, 0.05) is 10.8 Å². The smallest absolute Gasteiger partial charge is 0.138 e. The van der Waals surface area contributed by atoms with Gasteiger partial charge in [0.2, 0.25) is 0 Å². The maximum Gasteiger partial charge on any atom is 0.138 e. The van der Waals surface area contributed by atoms with Crippen molar-refractivity contribution in [3.63, 3.8) is 0 Å². The minimum absolute atomic E-state index is 0.990. The van der Waals surface area contributed by atoms with Crippen molar-refractivity contribution in [1.82, 2.24) is 0 Å². The standard InChI is InChI=1S/C15H14O/c1-9-4-5-12-13-7-10(2)6-11(3)15(13)16-14(12)8-9/h4-8H,1-3H3. The van der Waals surface area contributed by atoms with Crippen molar-refractivity contribution in [2.24, 2.45) is 0 Å². The summed E-state index contributed by atoms with van der Waals surface area (Å²) in [6, 6.07) is 10.7. The lowest BCUT2D eigenvalue weighted by atomic mass is 10.1. The van der Waals surface area contributed by atoms with Gasteiger partial charge in [0.1, 0.15) is 11.2 Å². The Labute approximate surface area is 94.7 Å². The van der Waals surface area contributed by atoms with Crippen molar-refractivity contribution in [2.75, 3.05) is 0 Å². The van der Waals surface area contributed by atoms with Crippen LogP contribution in [0, 0.1) is 20.8 Å². The molecule has 16 heavy (non-hydrogen) atoms. The molecule has 0 atom stereocenters. The molecule has 0 fully saturated rings. The number of aryl methyl sites for hydroxylation is 3. The maximum atomic E-state index is 5.92. The average Bonchev–Trinajstić information content (AvgIpc) is 2.56. The lowest BCUT2D eigenvalue weighted by molar-refractivity contribution is 0.665. The molecule has 0 N–H and O–H groups in total. The third-order valence-electron chi connectivity index (χ3n) is 3.06. The molecule has 0 saturated carbocycles. The Hall–Kier alpha value is -1.76. The number of rotatable bonds is 0. The number of benzene rings is 2. The van der Waals surface area contributed by atoms with E-state index in [1.54, 1.807) is 0 Å². The van der Waals surface area contributed by atoms with E-state index in [1.165, 1.54) is 27.5 Å². The average molecular weight is 210 g/mol. The molecule has 3 rings (SSSR count). The molecule has 0 spiro atoms. The first-order valence-corrected chi connectivity index (χ1v) is 5.55. The molecule has 1 heterocycles. The summed E-state index contributed by atoms with van der Waals surface area (Å²) in [4.78, 5) is 0. The summed E-state index contributed by atoms with van der Waals surface area (Å²) in [5.41, 5.74) is 5.74. The van der Waals surface area contributed by atoms with Crippen molar-refractivity contribution >= 4 is 21.9 Å². The largest absolute Gasteiger partial charge is 0.456 e. The van der Waals surface area contributed by atoms with Crippen molar-refractivity contribution in [1.29, 1.82) is 0 Å². The quantitative estimate of drug-likeness (QED) is 0.532. The zero-order valence-corrected chi connectivity index (χ0v) is 9.79. The molecule has 0 aliphatic carbocycles. The molecule has 1 heteroatoms. The highest BCUT2D eigenvalue weighted by Crippen LogP contribution is 2.32. The fraction of sp³-hybridized carbons (Fsp3) is 0.200. The van der Waals surface area contributed by atoms with Gasteiger partial charge in [-0.3, -0.25) is 0 Å². The summed E-state index contributed by atoms with van der Waals surface area (Å²) >= 11 is 0. The first kappa shape index (κ1) is 9.46. The highest BCUT2D eigenvalue weighted by molar-refractivity contribution is 6.06. The number of hydrogen-bond donors (Lipinski definition) is 0. The predicted molar refractivity (Wildman–Crippen MR) is 67.9 cm³/mol. The van der Waals surface area contributed by atoms with Crippen molar-refractivity contribution in [3.8, 4) is 0 Å². The van der Waals surface area contributed by atoms with Gasteiger partial charge in [0.15, 0.2) is 0 Å². The number of furan rings is 1. The van der Waals surface area contributed by atoms with E-state index in [2.05, 4.69) is 51.1 Å². The molecule has 0 aliphatic heterocycles. The molecule has 0 radical (unpaired) electrons. The Morgan fingerprint density at radius 1 is 0.812 bits per heavy atom. The molecule has 80 valence electrons. The van der Waals surface area contributed by atoms with Crippen LogP contribution >= 0.6 is 0 Å². The Morgan fingerprint density at radius 3 is 2.44 bits per heavy atom. The van der Waals surface area contributed by atoms with Crippen LogP contribution in [0.25, 0.3) is 21.9 Å². The molecule has 0 amide bonds. The van der Waals surface area contributed by atoms with E-state index >= 15 is 0 Å². The Morgan fingerprint density at radius 2 is 1.62 bits per heavy atom. The second kappa shape index (κ2) is 3.11. The zero-order valence-electron chi connectivity index (χ0n) is 9.79. The van der Waals surface area contributed by atoms with Crippen LogP contribution in [0.4, 0.5) is 0 Å². The number of fused-ring (bicyclic) bond motifs is 3. The van der Waals surface area contributed by atoms with Crippen molar-refractivity contribution in [3.05, 3.63) is 47.0 Å². The van der Waals surface area contributed by atoms with Crippen LogP contribution < -0.4 is 0 Å². The molecule has 0 saturated heterocycles. The molecule has 3 aromatic rings. The molecule has 0 unspecified atom stereocenters. The molecule has 0 aliphatic rings. The predicted octanol–water partition coefficient (Wildman–Crippen LogP) is 4.51. The summed E-state index contributed by atoms with van der Waals surface area (Å²) in [6.45, 7) is 6.31. The van der Waals surface area contributed by atoms with Crippen molar-refractivity contribution < 1.29 is 4.42 Å². The third-order valence-corrected chi connectivity index (χ3v) is 3.06. The first-order chi connectivity index (χ1) is 7.65. The van der Waals surface area contributed by atoms with Gasteiger partial charge in [0.25, 0.3) is 0 Å². The van der Waals surface area contributed by atoms with Crippen LogP contribution in [0.5, 0.6) is 0 Å². The zero-order chi connectivity index (χ0) is 11.3. The lowest BCUT2D eigenvalue weighted by Gasteiger charge is -1.97. The van der Waals surface area contributed by atoms with Crippen LogP contribution in [-0.2, 0) is 0 Å². The highest BCUT2D eigenvalue weighted by Gasteiger charge is 2.09. The highest BCUT2D eigenvalue weighted by atomic mass is 16.3. The van der Waals surface area contributed by atoms with Gasteiger partial charge in [-0.1, -0.05) is 18.2 Å². The molecular weight excluding hydrogens is 196 g/mol. The topological polar surface area (TPSA) is 13.1 Å². The van der Waals surface area contributed by atoms with Crippen molar-refractivity contribution in [2.45, 2.75) is 20.8 Å². The molecule has 0 bridgehead atoms. The van der Waals surface area contributed by atoms with Gasteiger partial charge in [-0.2, -0.15) is 0 Å². The maximum absolute atomic E-state index is 5.92. The van der Waals surface area contributed by atoms with Crippen LogP contribution in [0.2, 0.25) is 0 Å². The van der Waals surface area contributed by atoms with E-state index in [0.717, 1.165) is 11.2 Å². The normalized spacial score (nSPS) is 11.4. The van der Waals surface area contributed by atoms with Crippen LogP contribution in [-0.4, -0.2) is 0 Å². The molecule has 1 nitrogen and oxygen atoms in total. The van der Waals surface area contributed by atoms with E-state index in [1.807, 2.05) is 0 Å². The summed E-state index contributed by atoms with van der Waals surface area (Å²) in [5.74, 6) is 0. The second-order valence-electron chi connectivity index (χ2n) is 4.56. The Bertz CT molecular complexity index is 689. The van der Waals surface area contributed by atoms with Gasteiger partial charge >= 0.3 is 0 Å². The minimum Gasteiger partial charge on any atom is -0.456 e. The first-order valence-electron chi connectivity index (χ1n) is 5.55.